The van der Waals surface area contributed by atoms with E-state index in [1.165, 1.54) is 0 Å². The number of ether oxygens (including phenoxy) is 2. The van der Waals surface area contributed by atoms with Gasteiger partial charge in [-0.05, 0) is 12.3 Å². The number of rotatable bonds is 12. The summed E-state index contributed by atoms with van der Waals surface area (Å²) in [5.74, 6) is 0.866. The fourth-order valence-electron chi connectivity index (χ4n) is 1.49. The fraction of sp³-hybridized carbons (Fsp3) is 0.867. The lowest BCUT2D eigenvalue weighted by Crippen LogP contribution is -2.17. The van der Waals surface area contributed by atoms with Crippen LogP contribution in [0.4, 0.5) is 0 Å². The van der Waals surface area contributed by atoms with Crippen LogP contribution in [0.25, 0.3) is 0 Å². The molecule has 0 aliphatic heterocycles. The molecule has 0 amide bonds. The molecule has 0 atom stereocenters. The van der Waals surface area contributed by atoms with E-state index < -0.39 is 0 Å². The summed E-state index contributed by atoms with van der Waals surface area (Å²) in [4.78, 5) is 22.6. The molecule has 0 heterocycles. The Bertz CT molecular complexity index is 259. The van der Waals surface area contributed by atoms with Crippen LogP contribution >= 0.6 is 0 Å². The summed E-state index contributed by atoms with van der Waals surface area (Å²) in [6, 6.07) is 0. The molecule has 0 bridgehead atoms. The van der Waals surface area contributed by atoms with Gasteiger partial charge in [0.15, 0.2) is 5.78 Å². The molecular formula is C15H28O4. The van der Waals surface area contributed by atoms with Crippen molar-refractivity contribution in [2.24, 2.45) is 11.8 Å². The van der Waals surface area contributed by atoms with Crippen molar-refractivity contribution in [1.29, 1.82) is 0 Å². The zero-order valence-corrected chi connectivity index (χ0v) is 12.7. The number of hydrogen-bond acceptors (Lipinski definition) is 4. The topological polar surface area (TPSA) is 52.6 Å². The summed E-state index contributed by atoms with van der Waals surface area (Å²) in [5, 5.41) is 0. The van der Waals surface area contributed by atoms with E-state index in [0.29, 0.717) is 44.4 Å². The van der Waals surface area contributed by atoms with Crippen molar-refractivity contribution in [3.8, 4) is 0 Å². The van der Waals surface area contributed by atoms with Crippen LogP contribution in [0.2, 0.25) is 0 Å². The Kier molecular flexibility index (Phi) is 10.7. The number of ketones is 2. The van der Waals surface area contributed by atoms with Gasteiger partial charge in [0.2, 0.25) is 0 Å². The van der Waals surface area contributed by atoms with Crippen molar-refractivity contribution in [1.82, 2.24) is 0 Å². The van der Waals surface area contributed by atoms with Gasteiger partial charge < -0.3 is 9.47 Å². The lowest BCUT2D eigenvalue weighted by atomic mass is 10.0. The van der Waals surface area contributed by atoms with E-state index in [4.69, 9.17) is 9.47 Å². The second-order valence-corrected chi connectivity index (χ2v) is 5.53. The first-order valence-electron chi connectivity index (χ1n) is 7.13. The van der Waals surface area contributed by atoms with Crippen molar-refractivity contribution in [3.05, 3.63) is 0 Å². The molecule has 0 saturated carbocycles. The number of hydrogen-bond donors (Lipinski definition) is 0. The third-order valence-electron chi connectivity index (χ3n) is 2.64. The average molecular weight is 272 g/mol. The minimum Gasteiger partial charge on any atom is -0.379 e. The first kappa shape index (κ1) is 18.3. The van der Waals surface area contributed by atoms with Crippen LogP contribution in [0.3, 0.4) is 0 Å². The summed E-state index contributed by atoms with van der Waals surface area (Å²) >= 11 is 0. The van der Waals surface area contributed by atoms with Crippen LogP contribution in [0.1, 0.15) is 47.0 Å². The van der Waals surface area contributed by atoms with Gasteiger partial charge in [-0.25, -0.2) is 0 Å². The van der Waals surface area contributed by atoms with Gasteiger partial charge in [-0.2, -0.15) is 0 Å². The summed E-state index contributed by atoms with van der Waals surface area (Å²) < 4.78 is 10.5. The van der Waals surface area contributed by atoms with Gasteiger partial charge in [-0.3, -0.25) is 9.59 Å². The molecular weight excluding hydrogens is 244 g/mol. The van der Waals surface area contributed by atoms with Crippen molar-refractivity contribution in [2.75, 3.05) is 26.4 Å². The monoisotopic (exact) mass is 272 g/mol. The highest BCUT2D eigenvalue weighted by Gasteiger charge is 2.06. The van der Waals surface area contributed by atoms with E-state index >= 15 is 0 Å². The van der Waals surface area contributed by atoms with Crippen LogP contribution in [0.5, 0.6) is 0 Å². The van der Waals surface area contributed by atoms with Crippen molar-refractivity contribution in [2.45, 2.75) is 47.0 Å². The Morgan fingerprint density at radius 1 is 0.947 bits per heavy atom. The van der Waals surface area contributed by atoms with E-state index in [2.05, 4.69) is 0 Å². The maximum absolute atomic E-state index is 11.4. The predicted molar refractivity (Wildman–Crippen MR) is 75.2 cm³/mol. The number of Topliss-reactive ketones (excluding diaryl/α,β-unsaturated/α-hetero) is 2. The quantitative estimate of drug-likeness (QED) is 0.512. The fourth-order valence-corrected chi connectivity index (χ4v) is 1.49. The predicted octanol–water partition coefficient (Wildman–Crippen LogP) is 2.64. The van der Waals surface area contributed by atoms with E-state index in [1.54, 1.807) is 0 Å². The van der Waals surface area contributed by atoms with E-state index in [-0.39, 0.29) is 18.3 Å². The largest absolute Gasteiger partial charge is 0.379 e. The van der Waals surface area contributed by atoms with Gasteiger partial charge in [0, 0.05) is 25.4 Å². The SMILES string of the molecule is CC(C)CC(=O)CCCOCCOCC(=O)C(C)C. The molecule has 0 aromatic carbocycles. The maximum atomic E-state index is 11.4. The summed E-state index contributed by atoms with van der Waals surface area (Å²) in [5.41, 5.74) is 0. The van der Waals surface area contributed by atoms with Crippen molar-refractivity contribution >= 4 is 11.6 Å². The van der Waals surface area contributed by atoms with Crippen LogP contribution in [-0.4, -0.2) is 38.0 Å². The van der Waals surface area contributed by atoms with Crippen LogP contribution in [-0.2, 0) is 19.1 Å². The molecule has 0 aromatic heterocycles. The first-order chi connectivity index (χ1) is 8.93. The number of carbonyl (C=O) groups is 2. The molecule has 0 radical (unpaired) electrons. The molecule has 0 aliphatic carbocycles. The summed E-state index contributed by atoms with van der Waals surface area (Å²) in [6.07, 6.45) is 2.00. The molecule has 0 aromatic rings. The van der Waals surface area contributed by atoms with Gasteiger partial charge in [0.05, 0.1) is 13.2 Å². The standard InChI is InChI=1S/C15H28O4/c1-12(2)10-14(16)6-5-7-18-8-9-19-11-15(17)13(3)4/h12-13H,5-11H2,1-4H3. The summed E-state index contributed by atoms with van der Waals surface area (Å²) in [6.45, 7) is 9.45. The first-order valence-corrected chi connectivity index (χ1v) is 7.13. The minimum atomic E-state index is 0.0212. The van der Waals surface area contributed by atoms with Gasteiger partial charge in [0.1, 0.15) is 12.4 Å². The Balaban J connectivity index is 3.28. The molecule has 19 heavy (non-hydrogen) atoms. The lowest BCUT2D eigenvalue weighted by molar-refractivity contribution is -0.127. The molecule has 112 valence electrons. The van der Waals surface area contributed by atoms with Gasteiger partial charge >= 0.3 is 0 Å². The van der Waals surface area contributed by atoms with E-state index in [9.17, 15) is 9.59 Å². The highest BCUT2D eigenvalue weighted by molar-refractivity contribution is 5.81. The smallest absolute Gasteiger partial charge is 0.160 e. The maximum Gasteiger partial charge on any atom is 0.160 e. The van der Waals surface area contributed by atoms with Gasteiger partial charge in [-0.1, -0.05) is 27.7 Å². The molecule has 4 nitrogen and oxygen atoms in total. The number of carbonyl (C=O) groups excluding carboxylic acids is 2. The lowest BCUT2D eigenvalue weighted by Gasteiger charge is -2.07. The van der Waals surface area contributed by atoms with Crippen molar-refractivity contribution in [3.63, 3.8) is 0 Å². The third-order valence-corrected chi connectivity index (χ3v) is 2.64. The molecule has 0 saturated heterocycles. The zero-order chi connectivity index (χ0) is 14.7. The van der Waals surface area contributed by atoms with Gasteiger partial charge in [0.25, 0.3) is 0 Å². The third kappa shape index (κ3) is 12.1. The van der Waals surface area contributed by atoms with Crippen LogP contribution in [0, 0.1) is 11.8 Å². The zero-order valence-electron chi connectivity index (χ0n) is 12.7. The van der Waals surface area contributed by atoms with E-state index in [0.717, 1.165) is 6.42 Å². The molecule has 0 rings (SSSR count). The molecule has 0 N–H and O–H groups in total. The van der Waals surface area contributed by atoms with Gasteiger partial charge in [-0.15, -0.1) is 0 Å². The Hall–Kier alpha value is -0.740. The average Bonchev–Trinajstić information content (AvgIpc) is 2.31. The minimum absolute atomic E-state index is 0.0212. The molecule has 0 spiro atoms. The Morgan fingerprint density at radius 3 is 2.16 bits per heavy atom. The Morgan fingerprint density at radius 2 is 1.58 bits per heavy atom. The van der Waals surface area contributed by atoms with Crippen LogP contribution < -0.4 is 0 Å². The summed E-state index contributed by atoms with van der Waals surface area (Å²) in [7, 11) is 0. The Labute approximate surface area is 116 Å². The normalized spacial score (nSPS) is 11.3. The molecule has 0 unspecified atom stereocenters. The van der Waals surface area contributed by atoms with E-state index in [1.807, 2.05) is 27.7 Å². The molecule has 4 heteroatoms. The second-order valence-electron chi connectivity index (χ2n) is 5.53. The highest BCUT2D eigenvalue weighted by atomic mass is 16.5. The van der Waals surface area contributed by atoms with Crippen LogP contribution in [0.15, 0.2) is 0 Å². The second kappa shape index (κ2) is 11.1. The van der Waals surface area contributed by atoms with Crippen molar-refractivity contribution < 1.29 is 19.1 Å². The highest BCUT2D eigenvalue weighted by Crippen LogP contribution is 2.04. The molecule has 0 aliphatic rings. The molecule has 0 fully saturated rings.